The fraction of sp³-hybridized carbons (Fsp3) is 0.500. The van der Waals surface area contributed by atoms with Crippen molar-refractivity contribution >= 4 is 17.5 Å². The molecule has 0 radical (unpaired) electrons. The van der Waals surface area contributed by atoms with Crippen molar-refractivity contribution in [3.8, 4) is 0 Å². The van der Waals surface area contributed by atoms with Crippen LogP contribution in [-0.4, -0.2) is 29.1 Å². The summed E-state index contributed by atoms with van der Waals surface area (Å²) in [4.78, 5) is 23.6. The molecule has 1 aromatic rings. The van der Waals surface area contributed by atoms with Gasteiger partial charge in [-0.05, 0) is 37.5 Å². The average Bonchev–Trinajstić information content (AvgIpc) is 2.47. The molecule has 6 heteroatoms. The quantitative estimate of drug-likeness (QED) is 0.728. The molecule has 5 nitrogen and oxygen atoms in total. The van der Waals surface area contributed by atoms with Crippen LogP contribution in [-0.2, 0) is 9.59 Å². The number of amides is 2. The minimum atomic E-state index is -1.10. The van der Waals surface area contributed by atoms with Gasteiger partial charge in [-0.2, -0.15) is 0 Å². The van der Waals surface area contributed by atoms with E-state index in [2.05, 4.69) is 10.6 Å². The first-order valence-electron chi connectivity index (χ1n) is 7.25. The normalized spacial score (nSPS) is 14.8. The topological polar surface area (TPSA) is 78.4 Å². The van der Waals surface area contributed by atoms with Gasteiger partial charge in [0.2, 0.25) is 0 Å². The molecule has 0 heterocycles. The molecule has 2 atom stereocenters. The third-order valence-electron chi connectivity index (χ3n) is 3.93. The number of carbonyl (C=O) groups excluding carboxylic acids is 2. The molecule has 0 unspecified atom stereocenters. The molecule has 122 valence electrons. The highest BCUT2D eigenvalue weighted by molar-refractivity contribution is 6.39. The monoisotopic (exact) mass is 310 g/mol. The number of carbonyl (C=O) groups is 2. The van der Waals surface area contributed by atoms with Gasteiger partial charge >= 0.3 is 11.8 Å². The lowest BCUT2D eigenvalue weighted by Gasteiger charge is -2.29. The van der Waals surface area contributed by atoms with Crippen molar-refractivity contribution in [1.29, 1.82) is 0 Å². The Hall–Kier alpha value is -1.95. The molecule has 0 spiro atoms. The predicted octanol–water partition coefficient (Wildman–Crippen LogP) is 1.99. The predicted molar refractivity (Wildman–Crippen MR) is 82.9 cm³/mol. The maximum absolute atomic E-state index is 13.1. The number of hydrogen-bond donors (Lipinski definition) is 3. The molecule has 0 aromatic heterocycles. The minimum absolute atomic E-state index is 0.0266. The molecule has 0 saturated heterocycles. The number of aliphatic hydroxyl groups is 1. The standard InChI is InChI=1S/C16H23FN2O3/c1-5-11(3)16(4,22)9-18-14(20)15(21)19-13-8-12(17)7-6-10(13)2/h6-8,11,22H,5,9H2,1-4H3,(H,18,20)(H,19,21)/t11-,16-/m0/s1. The third kappa shape index (κ3) is 4.80. The molecule has 0 aliphatic carbocycles. The molecule has 3 N–H and O–H groups in total. The van der Waals surface area contributed by atoms with Crippen LogP contribution in [0.3, 0.4) is 0 Å². The summed E-state index contributed by atoms with van der Waals surface area (Å²) in [6.45, 7) is 7.07. The molecule has 22 heavy (non-hydrogen) atoms. The second kappa shape index (κ2) is 7.35. The number of nitrogens with one attached hydrogen (secondary N) is 2. The Balaban J connectivity index is 2.63. The molecular weight excluding hydrogens is 287 g/mol. The van der Waals surface area contributed by atoms with Gasteiger partial charge in [0.15, 0.2) is 0 Å². The van der Waals surface area contributed by atoms with Gasteiger partial charge in [0.25, 0.3) is 0 Å². The van der Waals surface area contributed by atoms with E-state index in [1.54, 1.807) is 13.8 Å². The number of benzene rings is 1. The lowest BCUT2D eigenvalue weighted by atomic mass is 9.89. The van der Waals surface area contributed by atoms with Gasteiger partial charge in [0.1, 0.15) is 5.82 Å². The highest BCUT2D eigenvalue weighted by Crippen LogP contribution is 2.19. The molecule has 0 bridgehead atoms. The Kier molecular flexibility index (Phi) is 6.05. The van der Waals surface area contributed by atoms with Crippen molar-refractivity contribution in [1.82, 2.24) is 5.32 Å². The number of hydrogen-bond acceptors (Lipinski definition) is 3. The highest BCUT2D eigenvalue weighted by atomic mass is 19.1. The van der Waals surface area contributed by atoms with Crippen LogP contribution in [0.4, 0.5) is 10.1 Å². The van der Waals surface area contributed by atoms with E-state index in [0.717, 1.165) is 12.5 Å². The molecule has 0 aliphatic heterocycles. The molecule has 0 saturated carbocycles. The first kappa shape index (κ1) is 18.1. The van der Waals surface area contributed by atoms with E-state index in [1.807, 2.05) is 13.8 Å². The van der Waals surface area contributed by atoms with Gasteiger partial charge in [-0.25, -0.2) is 4.39 Å². The van der Waals surface area contributed by atoms with Gasteiger partial charge in [-0.3, -0.25) is 9.59 Å². The van der Waals surface area contributed by atoms with Crippen LogP contribution < -0.4 is 10.6 Å². The summed E-state index contributed by atoms with van der Waals surface area (Å²) in [6.07, 6.45) is 0.748. The molecule has 1 aromatic carbocycles. The lowest BCUT2D eigenvalue weighted by Crippen LogP contribution is -2.47. The lowest BCUT2D eigenvalue weighted by molar-refractivity contribution is -0.137. The van der Waals surface area contributed by atoms with Crippen LogP contribution in [0.25, 0.3) is 0 Å². The summed E-state index contributed by atoms with van der Waals surface area (Å²) in [7, 11) is 0. The zero-order valence-electron chi connectivity index (χ0n) is 13.4. The Morgan fingerprint density at radius 3 is 2.59 bits per heavy atom. The van der Waals surface area contributed by atoms with E-state index in [0.29, 0.717) is 5.56 Å². The largest absolute Gasteiger partial charge is 0.388 e. The van der Waals surface area contributed by atoms with Gasteiger partial charge in [0.05, 0.1) is 5.60 Å². The fourth-order valence-electron chi connectivity index (χ4n) is 1.86. The first-order chi connectivity index (χ1) is 10.2. The number of anilines is 1. The summed E-state index contributed by atoms with van der Waals surface area (Å²) in [5, 5.41) is 14.9. The maximum Gasteiger partial charge on any atom is 0.313 e. The number of rotatable bonds is 5. The Bertz CT molecular complexity index is 558. The van der Waals surface area contributed by atoms with Crippen molar-refractivity contribution in [2.24, 2.45) is 5.92 Å². The van der Waals surface area contributed by atoms with E-state index in [1.165, 1.54) is 12.1 Å². The van der Waals surface area contributed by atoms with E-state index in [4.69, 9.17) is 0 Å². The van der Waals surface area contributed by atoms with E-state index in [9.17, 15) is 19.1 Å². The molecule has 2 amide bonds. The highest BCUT2D eigenvalue weighted by Gasteiger charge is 2.28. The maximum atomic E-state index is 13.1. The van der Waals surface area contributed by atoms with Gasteiger partial charge in [-0.1, -0.05) is 26.3 Å². The zero-order valence-corrected chi connectivity index (χ0v) is 13.4. The summed E-state index contributed by atoms with van der Waals surface area (Å²) in [5.41, 5.74) is -0.206. The SMILES string of the molecule is CC[C@H](C)[C@@](C)(O)CNC(=O)C(=O)Nc1cc(F)ccc1C. The van der Waals surface area contributed by atoms with Gasteiger partial charge in [0, 0.05) is 12.2 Å². The second-order valence-electron chi connectivity index (χ2n) is 5.76. The molecule has 1 rings (SSSR count). The smallest absolute Gasteiger partial charge is 0.313 e. The first-order valence-corrected chi connectivity index (χ1v) is 7.25. The Labute approximate surface area is 129 Å². The van der Waals surface area contributed by atoms with E-state index in [-0.39, 0.29) is 18.2 Å². The average molecular weight is 310 g/mol. The number of aryl methyl sites for hydroxylation is 1. The van der Waals surface area contributed by atoms with E-state index < -0.39 is 23.2 Å². The van der Waals surface area contributed by atoms with E-state index >= 15 is 0 Å². The van der Waals surface area contributed by atoms with Gasteiger partial charge < -0.3 is 15.7 Å². The third-order valence-corrected chi connectivity index (χ3v) is 3.93. The van der Waals surface area contributed by atoms with Crippen LogP contribution in [0.2, 0.25) is 0 Å². The summed E-state index contributed by atoms with van der Waals surface area (Å²) >= 11 is 0. The molecular formula is C16H23FN2O3. The van der Waals surface area contributed by atoms with Crippen molar-refractivity contribution in [2.75, 3.05) is 11.9 Å². The van der Waals surface area contributed by atoms with Crippen molar-refractivity contribution in [3.05, 3.63) is 29.6 Å². The molecule has 0 aliphatic rings. The van der Waals surface area contributed by atoms with Crippen molar-refractivity contribution < 1.29 is 19.1 Å². The minimum Gasteiger partial charge on any atom is -0.388 e. The van der Waals surface area contributed by atoms with Crippen LogP contribution in [0, 0.1) is 18.7 Å². The fourth-order valence-corrected chi connectivity index (χ4v) is 1.86. The van der Waals surface area contributed by atoms with Crippen LogP contribution in [0.5, 0.6) is 0 Å². The van der Waals surface area contributed by atoms with Crippen molar-refractivity contribution in [2.45, 2.75) is 39.7 Å². The zero-order chi connectivity index (χ0) is 16.9. The molecule has 0 fully saturated rings. The van der Waals surface area contributed by atoms with Crippen LogP contribution in [0.15, 0.2) is 18.2 Å². The van der Waals surface area contributed by atoms with Crippen LogP contribution >= 0.6 is 0 Å². The Morgan fingerprint density at radius 1 is 1.36 bits per heavy atom. The summed E-state index contributed by atoms with van der Waals surface area (Å²) in [5.74, 6) is -2.29. The summed E-state index contributed by atoms with van der Waals surface area (Å²) < 4.78 is 13.1. The van der Waals surface area contributed by atoms with Crippen molar-refractivity contribution in [3.63, 3.8) is 0 Å². The Morgan fingerprint density at radius 2 is 2.00 bits per heavy atom. The summed E-state index contributed by atoms with van der Waals surface area (Å²) in [6, 6.07) is 3.93. The van der Waals surface area contributed by atoms with Crippen LogP contribution in [0.1, 0.15) is 32.8 Å². The van der Waals surface area contributed by atoms with Gasteiger partial charge in [-0.15, -0.1) is 0 Å². The number of halogens is 1. The second-order valence-corrected chi connectivity index (χ2v) is 5.76.